The number of nitriles is 1. The molecule has 0 aliphatic carbocycles. The lowest BCUT2D eigenvalue weighted by atomic mass is 9.93. The van der Waals surface area contributed by atoms with Crippen LogP contribution in [-0.4, -0.2) is 28.0 Å². The van der Waals surface area contributed by atoms with Crippen LogP contribution in [0.15, 0.2) is 12.5 Å². The van der Waals surface area contributed by atoms with Crippen molar-refractivity contribution in [2.75, 3.05) is 18.0 Å². The van der Waals surface area contributed by atoms with Gasteiger partial charge in [-0.1, -0.05) is 13.8 Å². The molecule has 0 amide bonds. The van der Waals surface area contributed by atoms with Gasteiger partial charge >= 0.3 is 0 Å². The standard InChI is InChI=1S/C13H15N5/c1-13(2)3-4-18(7-13)12-10-9(5-14)6-15-11(10)16-8-17-12/h6,8H,3-4,7H2,1-2H3,(H,15,16,17). The first-order valence-corrected chi connectivity index (χ1v) is 6.08. The van der Waals surface area contributed by atoms with E-state index < -0.39 is 0 Å². The molecule has 18 heavy (non-hydrogen) atoms. The van der Waals surface area contributed by atoms with Crippen LogP contribution in [0, 0.1) is 16.7 Å². The van der Waals surface area contributed by atoms with Crippen molar-refractivity contribution in [1.29, 1.82) is 5.26 Å². The van der Waals surface area contributed by atoms with Gasteiger partial charge in [-0.2, -0.15) is 5.26 Å². The second-order valence-electron chi connectivity index (χ2n) is 5.57. The first-order valence-electron chi connectivity index (χ1n) is 6.08. The first-order chi connectivity index (χ1) is 8.61. The van der Waals surface area contributed by atoms with E-state index in [-0.39, 0.29) is 0 Å². The zero-order valence-electron chi connectivity index (χ0n) is 10.6. The van der Waals surface area contributed by atoms with E-state index in [1.807, 2.05) is 0 Å². The highest BCUT2D eigenvalue weighted by Gasteiger charge is 2.31. The Bertz CT molecular complexity index is 634. The number of fused-ring (bicyclic) bond motifs is 1. The van der Waals surface area contributed by atoms with Crippen LogP contribution < -0.4 is 4.90 Å². The lowest BCUT2D eigenvalue weighted by Gasteiger charge is -2.21. The fraction of sp³-hybridized carbons (Fsp3) is 0.462. The van der Waals surface area contributed by atoms with Crippen molar-refractivity contribution in [1.82, 2.24) is 15.0 Å². The van der Waals surface area contributed by atoms with Crippen LogP contribution in [0.3, 0.4) is 0 Å². The second-order valence-corrected chi connectivity index (χ2v) is 5.57. The summed E-state index contributed by atoms with van der Waals surface area (Å²) < 4.78 is 0. The Balaban J connectivity index is 2.13. The Morgan fingerprint density at radius 3 is 2.94 bits per heavy atom. The van der Waals surface area contributed by atoms with E-state index in [1.165, 1.54) is 0 Å². The van der Waals surface area contributed by atoms with Crippen molar-refractivity contribution in [3.8, 4) is 6.07 Å². The summed E-state index contributed by atoms with van der Waals surface area (Å²) in [6.07, 6.45) is 4.40. The number of rotatable bonds is 1. The highest BCUT2D eigenvalue weighted by atomic mass is 15.2. The summed E-state index contributed by atoms with van der Waals surface area (Å²) >= 11 is 0. The number of H-pyrrole nitrogens is 1. The second kappa shape index (κ2) is 3.70. The molecule has 0 saturated carbocycles. The average molecular weight is 241 g/mol. The summed E-state index contributed by atoms with van der Waals surface area (Å²) in [7, 11) is 0. The minimum atomic E-state index is 0.306. The molecular formula is C13H15N5. The molecule has 1 aliphatic heterocycles. The predicted molar refractivity (Wildman–Crippen MR) is 69.2 cm³/mol. The molecule has 0 unspecified atom stereocenters. The number of hydrogen-bond donors (Lipinski definition) is 1. The van der Waals surface area contributed by atoms with Gasteiger partial charge in [0.1, 0.15) is 23.9 Å². The molecule has 0 bridgehead atoms. The van der Waals surface area contributed by atoms with Gasteiger partial charge in [-0.05, 0) is 11.8 Å². The van der Waals surface area contributed by atoms with Crippen LogP contribution in [-0.2, 0) is 0 Å². The van der Waals surface area contributed by atoms with Gasteiger partial charge in [-0.25, -0.2) is 9.97 Å². The Labute approximate surface area is 105 Å². The molecule has 1 fully saturated rings. The van der Waals surface area contributed by atoms with Crippen LogP contribution in [0.4, 0.5) is 5.82 Å². The molecule has 2 aromatic heterocycles. The molecule has 2 aromatic rings. The van der Waals surface area contributed by atoms with Gasteiger partial charge in [-0.15, -0.1) is 0 Å². The largest absolute Gasteiger partial charge is 0.355 e. The van der Waals surface area contributed by atoms with E-state index in [2.05, 4.69) is 39.8 Å². The fourth-order valence-corrected chi connectivity index (χ4v) is 2.57. The van der Waals surface area contributed by atoms with E-state index in [0.717, 1.165) is 36.4 Å². The monoisotopic (exact) mass is 241 g/mol. The lowest BCUT2D eigenvalue weighted by Crippen LogP contribution is -2.23. The zero-order chi connectivity index (χ0) is 12.8. The topological polar surface area (TPSA) is 68.6 Å². The number of aromatic amines is 1. The maximum absolute atomic E-state index is 9.15. The third-order valence-corrected chi connectivity index (χ3v) is 3.55. The van der Waals surface area contributed by atoms with Crippen molar-refractivity contribution in [3.05, 3.63) is 18.1 Å². The summed E-state index contributed by atoms with van der Waals surface area (Å²) in [5.41, 5.74) is 1.66. The third-order valence-electron chi connectivity index (χ3n) is 3.55. The minimum absolute atomic E-state index is 0.306. The average Bonchev–Trinajstić information content (AvgIpc) is 2.91. The molecule has 1 aliphatic rings. The molecule has 0 spiro atoms. The molecule has 3 rings (SSSR count). The van der Waals surface area contributed by atoms with Gasteiger partial charge in [0.15, 0.2) is 0 Å². The molecule has 92 valence electrons. The highest BCUT2D eigenvalue weighted by molar-refractivity contribution is 5.92. The summed E-state index contributed by atoms with van der Waals surface area (Å²) in [6.45, 7) is 6.46. The quantitative estimate of drug-likeness (QED) is 0.829. The molecule has 0 atom stereocenters. The van der Waals surface area contributed by atoms with E-state index in [4.69, 9.17) is 5.26 Å². The van der Waals surface area contributed by atoms with Crippen LogP contribution >= 0.6 is 0 Å². The van der Waals surface area contributed by atoms with Crippen molar-refractivity contribution in [2.45, 2.75) is 20.3 Å². The summed E-state index contributed by atoms with van der Waals surface area (Å²) in [6, 6.07) is 2.20. The fourth-order valence-electron chi connectivity index (χ4n) is 2.57. The van der Waals surface area contributed by atoms with Gasteiger partial charge in [-0.3, -0.25) is 0 Å². The van der Waals surface area contributed by atoms with Gasteiger partial charge < -0.3 is 9.88 Å². The molecule has 1 N–H and O–H groups in total. The maximum Gasteiger partial charge on any atom is 0.144 e. The smallest absolute Gasteiger partial charge is 0.144 e. The van der Waals surface area contributed by atoms with Crippen molar-refractivity contribution < 1.29 is 0 Å². The first kappa shape index (κ1) is 11.0. The Morgan fingerprint density at radius 2 is 2.28 bits per heavy atom. The van der Waals surface area contributed by atoms with E-state index in [0.29, 0.717) is 11.0 Å². The molecule has 0 aromatic carbocycles. The zero-order valence-corrected chi connectivity index (χ0v) is 10.6. The van der Waals surface area contributed by atoms with Gasteiger partial charge in [0.2, 0.25) is 0 Å². The van der Waals surface area contributed by atoms with E-state index in [1.54, 1.807) is 12.5 Å². The predicted octanol–water partition coefficient (Wildman–Crippen LogP) is 2.07. The van der Waals surface area contributed by atoms with Crippen LogP contribution in [0.1, 0.15) is 25.8 Å². The number of aromatic nitrogens is 3. The highest BCUT2D eigenvalue weighted by Crippen LogP contribution is 2.35. The Kier molecular flexibility index (Phi) is 2.27. The third kappa shape index (κ3) is 1.61. The van der Waals surface area contributed by atoms with Crippen molar-refractivity contribution in [2.24, 2.45) is 5.41 Å². The van der Waals surface area contributed by atoms with E-state index in [9.17, 15) is 0 Å². The molecule has 3 heterocycles. The lowest BCUT2D eigenvalue weighted by molar-refractivity contribution is 0.418. The number of nitrogens with zero attached hydrogens (tertiary/aromatic N) is 4. The minimum Gasteiger partial charge on any atom is -0.355 e. The van der Waals surface area contributed by atoms with Crippen molar-refractivity contribution in [3.63, 3.8) is 0 Å². The molecule has 5 nitrogen and oxygen atoms in total. The molecule has 1 saturated heterocycles. The van der Waals surface area contributed by atoms with Crippen LogP contribution in [0.2, 0.25) is 0 Å². The number of hydrogen-bond acceptors (Lipinski definition) is 4. The summed E-state index contributed by atoms with van der Waals surface area (Å²) in [5.74, 6) is 0.878. The maximum atomic E-state index is 9.15. The van der Waals surface area contributed by atoms with Crippen molar-refractivity contribution >= 4 is 16.9 Å². The van der Waals surface area contributed by atoms with Gasteiger partial charge in [0, 0.05) is 19.3 Å². The Hall–Kier alpha value is -2.09. The van der Waals surface area contributed by atoms with Gasteiger partial charge in [0.05, 0.1) is 10.9 Å². The van der Waals surface area contributed by atoms with Crippen LogP contribution in [0.5, 0.6) is 0 Å². The normalized spacial score (nSPS) is 18.2. The van der Waals surface area contributed by atoms with Gasteiger partial charge in [0.25, 0.3) is 0 Å². The summed E-state index contributed by atoms with van der Waals surface area (Å²) in [4.78, 5) is 13.8. The van der Waals surface area contributed by atoms with E-state index >= 15 is 0 Å². The Morgan fingerprint density at radius 1 is 1.44 bits per heavy atom. The molecular weight excluding hydrogens is 226 g/mol. The summed E-state index contributed by atoms with van der Waals surface area (Å²) in [5, 5.41) is 10.00. The number of anilines is 1. The SMILES string of the molecule is CC1(C)CCN(c2ncnc3[nH]cc(C#N)c23)C1. The van der Waals surface area contributed by atoms with Crippen LogP contribution in [0.25, 0.3) is 11.0 Å². The molecule has 0 radical (unpaired) electrons. The molecule has 5 heteroatoms. The number of nitrogens with one attached hydrogen (secondary N) is 1.